The molecule has 0 aliphatic carbocycles. The van der Waals surface area contributed by atoms with Crippen LogP contribution in [-0.4, -0.2) is 61.1 Å². The minimum absolute atomic E-state index is 0.481. The summed E-state index contributed by atoms with van der Waals surface area (Å²) in [4.78, 5) is 9.04. The maximum absolute atomic E-state index is 5.06. The van der Waals surface area contributed by atoms with Gasteiger partial charge < -0.3 is 4.52 Å². The second kappa shape index (κ2) is 7.35. The molecule has 26 heavy (non-hydrogen) atoms. The Morgan fingerprint density at radius 1 is 1.27 bits per heavy atom. The van der Waals surface area contributed by atoms with Gasteiger partial charge >= 0.3 is 0 Å². The summed E-state index contributed by atoms with van der Waals surface area (Å²) in [5.41, 5.74) is 2.15. The van der Waals surface area contributed by atoms with Gasteiger partial charge in [-0.1, -0.05) is 28.6 Å². The molecule has 3 aromatic rings. The summed E-state index contributed by atoms with van der Waals surface area (Å²) in [5, 5.41) is 12.3. The maximum atomic E-state index is 5.06. The number of para-hydroxylation sites is 1. The fourth-order valence-electron chi connectivity index (χ4n) is 3.45. The average molecular weight is 353 g/mol. The van der Waals surface area contributed by atoms with E-state index < -0.39 is 0 Å². The molecule has 0 N–H and O–H groups in total. The topological polar surface area (TPSA) is 76.1 Å². The van der Waals surface area contributed by atoms with Crippen LogP contribution in [0.2, 0.25) is 0 Å². The van der Waals surface area contributed by atoms with E-state index in [0.717, 1.165) is 43.3 Å². The van der Waals surface area contributed by atoms with Crippen molar-refractivity contribution in [2.24, 2.45) is 0 Å². The number of hydrogen-bond acceptors (Lipinski definition) is 7. The Morgan fingerprint density at radius 2 is 2.12 bits per heavy atom. The number of benzene rings is 1. The first-order valence-electron chi connectivity index (χ1n) is 8.86. The van der Waals surface area contributed by atoms with Crippen molar-refractivity contribution in [1.29, 1.82) is 0 Å². The highest BCUT2D eigenvalue weighted by molar-refractivity contribution is 5.31. The van der Waals surface area contributed by atoms with Crippen LogP contribution in [0.3, 0.4) is 0 Å². The van der Waals surface area contributed by atoms with Crippen molar-refractivity contribution in [2.45, 2.75) is 32.5 Å². The van der Waals surface area contributed by atoms with Crippen LogP contribution in [0.4, 0.5) is 0 Å². The summed E-state index contributed by atoms with van der Waals surface area (Å²) in [6.45, 7) is 5.43. The van der Waals surface area contributed by atoms with E-state index in [0.29, 0.717) is 18.5 Å². The SMILES string of the molecule is Cc1nc(CN(C)C2CCN(Cc3cnnn3-c3ccccc3)C2)no1. The fraction of sp³-hybridized carbons (Fsp3) is 0.444. The maximum Gasteiger partial charge on any atom is 0.223 e. The molecule has 8 heteroatoms. The molecule has 136 valence electrons. The molecule has 1 fully saturated rings. The van der Waals surface area contributed by atoms with E-state index in [4.69, 9.17) is 4.52 Å². The predicted molar refractivity (Wildman–Crippen MR) is 95.5 cm³/mol. The van der Waals surface area contributed by atoms with E-state index in [9.17, 15) is 0 Å². The minimum Gasteiger partial charge on any atom is -0.340 e. The highest BCUT2D eigenvalue weighted by Gasteiger charge is 2.27. The molecule has 0 saturated carbocycles. The Morgan fingerprint density at radius 3 is 2.88 bits per heavy atom. The molecule has 0 spiro atoms. The smallest absolute Gasteiger partial charge is 0.223 e. The first-order chi connectivity index (χ1) is 12.7. The third-order valence-electron chi connectivity index (χ3n) is 4.84. The van der Waals surface area contributed by atoms with E-state index in [-0.39, 0.29) is 0 Å². The Balaban J connectivity index is 1.37. The number of aryl methyl sites for hydroxylation is 1. The predicted octanol–water partition coefficient (Wildman–Crippen LogP) is 1.67. The number of likely N-dealkylation sites (tertiary alicyclic amines) is 1. The van der Waals surface area contributed by atoms with E-state index in [1.165, 1.54) is 0 Å². The van der Waals surface area contributed by atoms with Crippen molar-refractivity contribution < 1.29 is 4.52 Å². The molecular formula is C18H23N7O. The minimum atomic E-state index is 0.481. The average Bonchev–Trinajstić information content (AvgIpc) is 3.38. The van der Waals surface area contributed by atoms with E-state index >= 15 is 0 Å². The van der Waals surface area contributed by atoms with Gasteiger partial charge in [-0.2, -0.15) is 4.98 Å². The zero-order chi connectivity index (χ0) is 17.9. The fourth-order valence-corrected chi connectivity index (χ4v) is 3.45. The molecule has 0 bridgehead atoms. The van der Waals surface area contributed by atoms with Gasteiger partial charge in [0.1, 0.15) is 0 Å². The molecule has 1 atom stereocenters. The van der Waals surface area contributed by atoms with Gasteiger partial charge in [0.05, 0.1) is 24.1 Å². The van der Waals surface area contributed by atoms with Gasteiger partial charge in [0.15, 0.2) is 5.82 Å². The summed E-state index contributed by atoms with van der Waals surface area (Å²) in [6.07, 6.45) is 2.98. The van der Waals surface area contributed by atoms with Gasteiger partial charge in [-0.15, -0.1) is 5.10 Å². The molecule has 1 saturated heterocycles. The van der Waals surface area contributed by atoms with Gasteiger partial charge in [0, 0.05) is 32.6 Å². The molecule has 0 radical (unpaired) electrons. The Hall–Kier alpha value is -2.58. The van der Waals surface area contributed by atoms with Crippen molar-refractivity contribution in [2.75, 3.05) is 20.1 Å². The molecule has 2 aromatic heterocycles. The summed E-state index contributed by atoms with van der Waals surface area (Å²) >= 11 is 0. The van der Waals surface area contributed by atoms with Gasteiger partial charge in [-0.25, -0.2) is 4.68 Å². The summed E-state index contributed by atoms with van der Waals surface area (Å²) in [5.74, 6) is 1.36. The Bertz CT molecular complexity index is 844. The van der Waals surface area contributed by atoms with Crippen LogP contribution < -0.4 is 0 Å². The van der Waals surface area contributed by atoms with Crippen molar-refractivity contribution in [3.63, 3.8) is 0 Å². The molecule has 3 heterocycles. The molecule has 8 nitrogen and oxygen atoms in total. The first-order valence-corrected chi connectivity index (χ1v) is 8.86. The number of nitrogens with zero attached hydrogens (tertiary/aromatic N) is 7. The monoisotopic (exact) mass is 353 g/mol. The van der Waals surface area contributed by atoms with Crippen LogP contribution in [0.25, 0.3) is 5.69 Å². The van der Waals surface area contributed by atoms with Crippen molar-refractivity contribution >= 4 is 0 Å². The summed E-state index contributed by atoms with van der Waals surface area (Å²) in [6, 6.07) is 10.6. The van der Waals surface area contributed by atoms with E-state index in [2.05, 4.69) is 37.3 Å². The molecule has 1 unspecified atom stereocenters. The van der Waals surface area contributed by atoms with Crippen molar-refractivity contribution in [3.05, 3.63) is 53.9 Å². The zero-order valence-corrected chi connectivity index (χ0v) is 15.1. The Labute approximate surface area is 152 Å². The Kier molecular flexibility index (Phi) is 4.77. The number of aromatic nitrogens is 5. The van der Waals surface area contributed by atoms with Crippen LogP contribution >= 0.6 is 0 Å². The van der Waals surface area contributed by atoms with Gasteiger partial charge in [0.25, 0.3) is 0 Å². The summed E-state index contributed by atoms with van der Waals surface area (Å²) < 4.78 is 6.98. The number of rotatable bonds is 6. The van der Waals surface area contributed by atoms with Crippen LogP contribution in [0.15, 0.2) is 41.1 Å². The molecule has 1 aliphatic rings. The van der Waals surface area contributed by atoms with Crippen molar-refractivity contribution in [1.82, 2.24) is 34.9 Å². The molecular weight excluding hydrogens is 330 g/mol. The third kappa shape index (κ3) is 3.66. The van der Waals surface area contributed by atoms with Gasteiger partial charge in [-0.3, -0.25) is 9.80 Å². The molecule has 1 aromatic carbocycles. The highest BCUT2D eigenvalue weighted by Crippen LogP contribution is 2.19. The quantitative estimate of drug-likeness (QED) is 0.667. The molecule has 4 rings (SSSR count). The molecule has 0 amide bonds. The lowest BCUT2D eigenvalue weighted by atomic mass is 10.2. The summed E-state index contributed by atoms with van der Waals surface area (Å²) in [7, 11) is 2.12. The van der Waals surface area contributed by atoms with Crippen LogP contribution in [0.1, 0.15) is 23.8 Å². The standard InChI is InChI=1S/C18H23N7O/c1-14-20-18(21-26-14)13-23(2)16-8-9-24(11-16)12-17-10-19-22-25(17)15-6-4-3-5-7-15/h3-7,10,16H,8-9,11-13H2,1-2H3. The normalized spacial score (nSPS) is 18.0. The third-order valence-corrected chi connectivity index (χ3v) is 4.84. The molecule has 1 aliphatic heterocycles. The lowest BCUT2D eigenvalue weighted by Crippen LogP contribution is -2.34. The first kappa shape index (κ1) is 16.9. The van der Waals surface area contributed by atoms with Crippen molar-refractivity contribution in [3.8, 4) is 5.69 Å². The van der Waals surface area contributed by atoms with Crippen LogP contribution in [0.5, 0.6) is 0 Å². The number of likely N-dealkylation sites (N-methyl/N-ethyl adjacent to an activating group) is 1. The van der Waals surface area contributed by atoms with Crippen LogP contribution in [-0.2, 0) is 13.1 Å². The second-order valence-corrected chi connectivity index (χ2v) is 6.80. The largest absolute Gasteiger partial charge is 0.340 e. The van der Waals surface area contributed by atoms with E-state index in [1.807, 2.05) is 48.1 Å². The van der Waals surface area contributed by atoms with Gasteiger partial charge in [-0.05, 0) is 25.6 Å². The lowest BCUT2D eigenvalue weighted by molar-refractivity contribution is 0.215. The van der Waals surface area contributed by atoms with E-state index in [1.54, 1.807) is 0 Å². The zero-order valence-electron chi connectivity index (χ0n) is 15.1. The second-order valence-electron chi connectivity index (χ2n) is 6.80. The van der Waals surface area contributed by atoms with Gasteiger partial charge in [0.2, 0.25) is 5.89 Å². The highest BCUT2D eigenvalue weighted by atomic mass is 16.5. The lowest BCUT2D eigenvalue weighted by Gasteiger charge is -2.23. The number of hydrogen-bond donors (Lipinski definition) is 0. The van der Waals surface area contributed by atoms with Crippen LogP contribution in [0, 0.1) is 6.92 Å².